The summed E-state index contributed by atoms with van der Waals surface area (Å²) in [6.45, 7) is 1.51. The standard InChI is InChI=1S/C56H95NO18/c1-3-5-7-9-11-13-14-15-16-17-18-19-20-21-22-23-24-26-28-30-32-34-44(62)57-39(40(61)33-31-29-27-25-12-10-8-6-4-2)38-70-54-50(68)47(65)52(42(36-59)72-54)75-56-51(69)48(66)53(43(37-60)73-56)74-55-49(67)46(64)45(63)41(35-58)71-55/h5,7,11,13,15-16,18-19,21-22,31,33,39-43,45-56,58-61,63-69H,3-4,6,8-10,12,14,17,20,23-30,32,34-38H2,1-2H3,(H,57,62)/b7-5-,13-11-,16-15-,19-18-,22-21-,33-31+. The van der Waals surface area contributed by atoms with Crippen molar-refractivity contribution in [2.45, 2.75) is 247 Å². The summed E-state index contributed by atoms with van der Waals surface area (Å²) < 4.78 is 34.1. The van der Waals surface area contributed by atoms with E-state index in [1.165, 1.54) is 25.7 Å². The number of rotatable bonds is 38. The van der Waals surface area contributed by atoms with Gasteiger partial charge in [0.1, 0.15) is 73.2 Å². The van der Waals surface area contributed by atoms with Gasteiger partial charge >= 0.3 is 0 Å². The predicted octanol–water partition coefficient (Wildman–Crippen LogP) is 3.48. The summed E-state index contributed by atoms with van der Waals surface area (Å²) in [6.07, 6.45) is 17.6. The predicted molar refractivity (Wildman–Crippen MR) is 281 cm³/mol. The Kier molecular flexibility index (Phi) is 35.1. The van der Waals surface area contributed by atoms with Crippen molar-refractivity contribution in [2.24, 2.45) is 0 Å². The molecule has 0 aromatic carbocycles. The van der Waals surface area contributed by atoms with Crippen molar-refractivity contribution < 1.29 is 89.4 Å². The summed E-state index contributed by atoms with van der Waals surface area (Å²) in [4.78, 5) is 13.2. The van der Waals surface area contributed by atoms with Gasteiger partial charge in [-0.05, 0) is 64.2 Å². The zero-order chi connectivity index (χ0) is 54.8. The first kappa shape index (κ1) is 66.5. The maximum absolute atomic E-state index is 13.2. The van der Waals surface area contributed by atoms with Crippen LogP contribution in [0.3, 0.4) is 0 Å². The van der Waals surface area contributed by atoms with Crippen LogP contribution in [0.4, 0.5) is 0 Å². The largest absolute Gasteiger partial charge is 0.394 e. The van der Waals surface area contributed by atoms with Gasteiger partial charge in [-0.25, -0.2) is 0 Å². The number of carbonyl (C=O) groups excluding carboxylic acids is 1. The van der Waals surface area contributed by atoms with Crippen LogP contribution in [-0.4, -0.2) is 193 Å². The molecule has 19 heteroatoms. The van der Waals surface area contributed by atoms with Gasteiger partial charge in [-0.1, -0.05) is 145 Å². The lowest BCUT2D eigenvalue weighted by atomic mass is 9.96. The van der Waals surface area contributed by atoms with Crippen molar-refractivity contribution in [3.63, 3.8) is 0 Å². The van der Waals surface area contributed by atoms with Gasteiger partial charge in [0.15, 0.2) is 18.9 Å². The van der Waals surface area contributed by atoms with Crippen LogP contribution in [0.2, 0.25) is 0 Å². The molecule has 0 aromatic heterocycles. The van der Waals surface area contributed by atoms with E-state index < -0.39 is 124 Å². The Morgan fingerprint density at radius 3 is 1.44 bits per heavy atom. The Hall–Kier alpha value is -2.77. The number of carbonyl (C=O) groups is 1. The lowest BCUT2D eigenvalue weighted by Crippen LogP contribution is -2.66. The fraction of sp³-hybridized carbons (Fsp3) is 0.768. The second-order valence-electron chi connectivity index (χ2n) is 19.7. The van der Waals surface area contributed by atoms with Crippen LogP contribution in [0.5, 0.6) is 0 Å². The molecule has 17 unspecified atom stereocenters. The summed E-state index contributed by atoms with van der Waals surface area (Å²) in [7, 11) is 0. The molecule has 3 fully saturated rings. The number of aliphatic hydroxyl groups is 11. The molecule has 1 amide bonds. The minimum Gasteiger partial charge on any atom is -0.394 e. The van der Waals surface area contributed by atoms with Crippen molar-refractivity contribution in [1.82, 2.24) is 5.32 Å². The number of hydrogen-bond acceptors (Lipinski definition) is 18. The van der Waals surface area contributed by atoms with Crippen LogP contribution in [-0.2, 0) is 33.2 Å². The molecule has 12 N–H and O–H groups in total. The molecule has 19 nitrogen and oxygen atoms in total. The maximum atomic E-state index is 13.2. The van der Waals surface area contributed by atoms with Gasteiger partial charge in [0, 0.05) is 6.42 Å². The quantitative estimate of drug-likeness (QED) is 0.0311. The second kappa shape index (κ2) is 39.6. The van der Waals surface area contributed by atoms with Crippen molar-refractivity contribution in [3.05, 3.63) is 72.9 Å². The topological polar surface area (TPSA) is 307 Å². The minimum absolute atomic E-state index is 0.216. The number of aliphatic hydroxyl groups excluding tert-OH is 11. The zero-order valence-electron chi connectivity index (χ0n) is 44.5. The first-order valence-corrected chi connectivity index (χ1v) is 27.7. The number of nitrogens with one attached hydrogen (secondary N) is 1. The highest BCUT2D eigenvalue weighted by Crippen LogP contribution is 2.33. The van der Waals surface area contributed by atoms with E-state index in [0.717, 1.165) is 89.9 Å². The third-order valence-corrected chi connectivity index (χ3v) is 13.5. The summed E-state index contributed by atoms with van der Waals surface area (Å²) in [5, 5.41) is 120. The summed E-state index contributed by atoms with van der Waals surface area (Å²) >= 11 is 0. The molecule has 75 heavy (non-hydrogen) atoms. The number of allylic oxidation sites excluding steroid dienone is 11. The van der Waals surface area contributed by atoms with Crippen molar-refractivity contribution >= 4 is 5.91 Å². The first-order chi connectivity index (χ1) is 36.3. The van der Waals surface area contributed by atoms with Crippen LogP contribution in [0.1, 0.15) is 142 Å². The normalized spacial score (nSPS) is 31.8. The molecule has 3 aliphatic rings. The van der Waals surface area contributed by atoms with Crippen molar-refractivity contribution in [3.8, 4) is 0 Å². The molecule has 0 saturated carbocycles. The van der Waals surface area contributed by atoms with Gasteiger partial charge in [0.25, 0.3) is 0 Å². The first-order valence-electron chi connectivity index (χ1n) is 27.7. The van der Waals surface area contributed by atoms with Crippen LogP contribution < -0.4 is 5.32 Å². The molecule has 3 heterocycles. The second-order valence-corrected chi connectivity index (χ2v) is 19.7. The Morgan fingerprint density at radius 1 is 0.493 bits per heavy atom. The van der Waals surface area contributed by atoms with Gasteiger partial charge < -0.3 is 89.9 Å². The molecular formula is C56H95NO18. The van der Waals surface area contributed by atoms with E-state index in [4.69, 9.17) is 28.4 Å². The number of hydrogen-bond donors (Lipinski definition) is 12. The molecule has 0 radical (unpaired) electrons. The highest BCUT2D eigenvalue weighted by Gasteiger charge is 2.53. The SMILES string of the molecule is CC/C=C\C/C=C\C/C=C\C/C=C\C/C=C\CCCCCCCC(=O)NC(COC1OC(CO)C(OC2OC(CO)C(OC3OC(CO)C(O)C(O)C3O)C(O)C2O)C(O)C1O)C(O)/C=C/CCCCCCCCC. The Balaban J connectivity index is 1.50. The lowest BCUT2D eigenvalue weighted by molar-refractivity contribution is -0.379. The number of unbranched alkanes of at least 4 members (excludes halogenated alkanes) is 12. The van der Waals surface area contributed by atoms with E-state index in [1.807, 2.05) is 6.08 Å². The summed E-state index contributed by atoms with van der Waals surface area (Å²) in [6, 6.07) is -0.985. The average Bonchev–Trinajstić information content (AvgIpc) is 3.41. The van der Waals surface area contributed by atoms with Crippen LogP contribution in [0, 0.1) is 0 Å². The zero-order valence-corrected chi connectivity index (χ0v) is 44.5. The van der Waals surface area contributed by atoms with E-state index in [9.17, 15) is 61.0 Å². The Labute approximate surface area is 445 Å². The van der Waals surface area contributed by atoms with E-state index in [0.29, 0.717) is 6.42 Å². The van der Waals surface area contributed by atoms with Gasteiger partial charge in [-0.2, -0.15) is 0 Å². The van der Waals surface area contributed by atoms with Crippen LogP contribution in [0.15, 0.2) is 72.9 Å². The molecule has 0 spiro atoms. The van der Waals surface area contributed by atoms with E-state index in [-0.39, 0.29) is 18.9 Å². The van der Waals surface area contributed by atoms with E-state index in [1.54, 1.807) is 6.08 Å². The highest BCUT2D eigenvalue weighted by molar-refractivity contribution is 5.76. The molecule has 3 aliphatic heterocycles. The molecule has 0 aromatic rings. The molecular weight excluding hydrogens is 975 g/mol. The molecule has 3 rings (SSSR count). The number of amides is 1. The molecule has 0 bridgehead atoms. The smallest absolute Gasteiger partial charge is 0.220 e. The van der Waals surface area contributed by atoms with Crippen molar-refractivity contribution in [2.75, 3.05) is 26.4 Å². The van der Waals surface area contributed by atoms with Gasteiger partial charge in [-0.3, -0.25) is 4.79 Å². The monoisotopic (exact) mass is 1070 g/mol. The van der Waals surface area contributed by atoms with E-state index in [2.05, 4.69) is 79.9 Å². The molecule has 432 valence electrons. The fourth-order valence-electron chi connectivity index (χ4n) is 8.92. The maximum Gasteiger partial charge on any atom is 0.220 e. The van der Waals surface area contributed by atoms with Crippen molar-refractivity contribution in [1.29, 1.82) is 0 Å². The summed E-state index contributed by atoms with van der Waals surface area (Å²) in [5.41, 5.74) is 0. The fourth-order valence-corrected chi connectivity index (χ4v) is 8.92. The van der Waals surface area contributed by atoms with Gasteiger partial charge in [0.2, 0.25) is 5.91 Å². The van der Waals surface area contributed by atoms with Gasteiger partial charge in [-0.15, -0.1) is 0 Å². The van der Waals surface area contributed by atoms with Gasteiger partial charge in [0.05, 0.1) is 38.6 Å². The molecule has 3 saturated heterocycles. The minimum atomic E-state index is -1.98. The van der Waals surface area contributed by atoms with E-state index >= 15 is 0 Å². The molecule has 0 aliphatic carbocycles. The highest BCUT2D eigenvalue weighted by atomic mass is 16.8. The third kappa shape index (κ3) is 24.4. The Bertz CT molecular complexity index is 1660. The average molecular weight is 1070 g/mol. The third-order valence-electron chi connectivity index (χ3n) is 13.5. The van der Waals surface area contributed by atoms with Crippen LogP contribution in [0.25, 0.3) is 0 Å². The van der Waals surface area contributed by atoms with Crippen LogP contribution >= 0.6 is 0 Å². The molecule has 17 atom stereocenters. The lowest BCUT2D eigenvalue weighted by Gasteiger charge is -2.48. The summed E-state index contributed by atoms with van der Waals surface area (Å²) in [5.74, 6) is -0.302. The Morgan fingerprint density at radius 2 is 0.920 bits per heavy atom. The number of ether oxygens (including phenoxy) is 6.